The maximum absolute atomic E-state index is 9.72. The molecule has 7 aromatic rings. The Labute approximate surface area is 334 Å². The van der Waals surface area contributed by atoms with Crippen LogP contribution in [0.4, 0.5) is 22.7 Å². The number of nitrogen functional groups attached to an aromatic ring is 2. The second-order valence-corrected chi connectivity index (χ2v) is 15.8. The summed E-state index contributed by atoms with van der Waals surface area (Å²) >= 11 is 0. The molecule has 0 spiro atoms. The lowest BCUT2D eigenvalue weighted by molar-refractivity contribution is -0.0346. The minimum atomic E-state index is -0.205. The highest BCUT2D eigenvalue weighted by molar-refractivity contribution is 6.01. The smallest absolute Gasteiger partial charge is 0.190 e. The van der Waals surface area contributed by atoms with E-state index in [-0.39, 0.29) is 12.2 Å². The van der Waals surface area contributed by atoms with Gasteiger partial charge in [0.1, 0.15) is 0 Å². The van der Waals surface area contributed by atoms with Crippen LogP contribution in [0.25, 0.3) is 53.7 Å². The molecule has 57 heavy (non-hydrogen) atoms. The van der Waals surface area contributed by atoms with Gasteiger partial charge >= 0.3 is 0 Å². The standard InChI is InChI=1S/C28H27N3O.C21H21N3O/c1-18-12-28-24(15-27(18)30-3)25(23-10-7-11-26(29)19(23)2)16-31(28)21-13-22(14-21)32-17-20-8-5-4-6-9-20;1-12-7-21-17(10-20(12)23-3)18(11-24(21)14-8-15(25)9-14)16-5-4-6-19(22)13(16)2/h4-12,15-16,21-22H,13-14,17,29H2,1-2H3;4-7,10-11,14-15,25H,8-9,22H2,1-2H3. The van der Waals surface area contributed by atoms with Gasteiger partial charge in [0.15, 0.2) is 11.4 Å². The Kier molecular flexibility index (Phi) is 10.1. The first kappa shape index (κ1) is 37.6. The highest BCUT2D eigenvalue weighted by Crippen LogP contribution is 2.45. The van der Waals surface area contributed by atoms with Crippen molar-refractivity contribution in [3.8, 4) is 22.3 Å². The van der Waals surface area contributed by atoms with Gasteiger partial charge in [-0.1, -0.05) is 54.6 Å². The lowest BCUT2D eigenvalue weighted by Crippen LogP contribution is -2.32. The summed E-state index contributed by atoms with van der Waals surface area (Å²) in [4.78, 5) is 7.42. The van der Waals surface area contributed by atoms with E-state index in [1.54, 1.807) is 0 Å². The Balaban J connectivity index is 0.000000165. The van der Waals surface area contributed by atoms with Crippen LogP contribution in [0, 0.1) is 40.8 Å². The monoisotopic (exact) mass is 752 g/mol. The van der Waals surface area contributed by atoms with Crippen molar-refractivity contribution in [2.45, 2.75) is 84.3 Å². The van der Waals surface area contributed by atoms with E-state index in [1.807, 2.05) is 75.4 Å². The predicted octanol–water partition coefficient (Wildman–Crippen LogP) is 11.7. The summed E-state index contributed by atoms with van der Waals surface area (Å²) in [5, 5.41) is 11.9. The number of rotatable bonds is 7. The van der Waals surface area contributed by atoms with Crippen LogP contribution in [0.2, 0.25) is 0 Å². The van der Waals surface area contributed by atoms with Crippen molar-refractivity contribution in [1.82, 2.24) is 9.13 Å². The molecule has 0 radical (unpaired) electrons. The fourth-order valence-corrected chi connectivity index (χ4v) is 8.42. The number of anilines is 2. The fraction of sp³-hybridized carbons (Fsp3) is 0.265. The first-order valence-electron chi connectivity index (χ1n) is 19.6. The highest BCUT2D eigenvalue weighted by Gasteiger charge is 2.33. The molecule has 2 saturated carbocycles. The van der Waals surface area contributed by atoms with E-state index in [9.17, 15) is 5.11 Å². The first-order valence-corrected chi connectivity index (χ1v) is 19.6. The van der Waals surface area contributed by atoms with E-state index in [0.29, 0.717) is 30.1 Å². The van der Waals surface area contributed by atoms with Crippen LogP contribution in [0.15, 0.2) is 103 Å². The maximum Gasteiger partial charge on any atom is 0.190 e. The molecule has 0 unspecified atom stereocenters. The lowest BCUT2D eigenvalue weighted by atomic mass is 9.88. The fourth-order valence-electron chi connectivity index (χ4n) is 8.42. The van der Waals surface area contributed by atoms with Gasteiger partial charge in [0.25, 0.3) is 0 Å². The topological polar surface area (TPSA) is 100 Å². The summed E-state index contributed by atoms with van der Waals surface area (Å²) in [6.07, 6.45) is 8.03. The van der Waals surface area contributed by atoms with Gasteiger partial charge in [-0.2, -0.15) is 0 Å². The van der Waals surface area contributed by atoms with Crippen molar-refractivity contribution in [3.63, 3.8) is 0 Å². The van der Waals surface area contributed by atoms with Gasteiger partial charge in [-0.05, 0) is 139 Å². The number of fused-ring (bicyclic) bond motifs is 2. The third-order valence-corrected chi connectivity index (χ3v) is 12.1. The molecule has 2 heterocycles. The average Bonchev–Trinajstić information content (AvgIpc) is 3.72. The molecule has 0 saturated heterocycles. The Bertz CT molecular complexity index is 2720. The number of aliphatic hydroxyl groups excluding tert-OH is 1. The lowest BCUT2D eigenvalue weighted by Gasteiger charge is -2.36. The second kappa shape index (κ2) is 15.3. The largest absolute Gasteiger partial charge is 0.398 e. The van der Waals surface area contributed by atoms with E-state index in [1.165, 1.54) is 11.1 Å². The Morgan fingerprint density at radius 3 is 1.56 bits per heavy atom. The summed E-state index contributed by atoms with van der Waals surface area (Å²) in [5.74, 6) is 0. The minimum absolute atomic E-state index is 0.205. The summed E-state index contributed by atoms with van der Waals surface area (Å²) in [6.45, 7) is 23.8. The van der Waals surface area contributed by atoms with E-state index in [0.717, 1.165) is 97.9 Å². The Hall–Kier alpha value is -6.32. The van der Waals surface area contributed by atoms with Gasteiger partial charge in [-0.3, -0.25) is 0 Å². The van der Waals surface area contributed by atoms with Crippen LogP contribution < -0.4 is 11.5 Å². The second-order valence-electron chi connectivity index (χ2n) is 15.8. The van der Waals surface area contributed by atoms with E-state index >= 15 is 0 Å². The van der Waals surface area contributed by atoms with E-state index in [4.69, 9.17) is 29.3 Å². The number of hydrogen-bond acceptors (Lipinski definition) is 4. The molecule has 0 aliphatic heterocycles. The molecule has 5 aromatic carbocycles. The van der Waals surface area contributed by atoms with Crippen LogP contribution >= 0.6 is 0 Å². The van der Waals surface area contributed by atoms with Gasteiger partial charge in [-0.15, -0.1) is 0 Å². The zero-order valence-corrected chi connectivity index (χ0v) is 33.0. The molecular weight excluding hydrogens is 705 g/mol. The van der Waals surface area contributed by atoms with Crippen LogP contribution in [-0.2, 0) is 11.3 Å². The summed E-state index contributed by atoms with van der Waals surface area (Å²) in [5.41, 5.74) is 27.4. The van der Waals surface area contributed by atoms with Gasteiger partial charge in [-0.25, -0.2) is 9.69 Å². The van der Waals surface area contributed by atoms with Crippen molar-refractivity contribution < 1.29 is 9.84 Å². The molecule has 9 rings (SSSR count). The maximum atomic E-state index is 9.72. The van der Waals surface area contributed by atoms with Crippen LogP contribution in [0.3, 0.4) is 0 Å². The number of ether oxygens (including phenoxy) is 1. The molecule has 0 bridgehead atoms. The van der Waals surface area contributed by atoms with Gasteiger partial charge < -0.3 is 30.4 Å². The van der Waals surface area contributed by atoms with Crippen LogP contribution in [0.1, 0.15) is 65.6 Å². The molecule has 2 aromatic heterocycles. The molecule has 286 valence electrons. The molecular formula is C49H48N6O2. The molecule has 8 heteroatoms. The third-order valence-electron chi connectivity index (χ3n) is 12.1. The molecule has 2 aliphatic carbocycles. The average molecular weight is 753 g/mol. The number of benzene rings is 5. The number of aromatic nitrogens is 2. The number of aryl methyl sites for hydroxylation is 2. The van der Waals surface area contributed by atoms with Crippen molar-refractivity contribution in [1.29, 1.82) is 0 Å². The summed E-state index contributed by atoms with van der Waals surface area (Å²) in [7, 11) is 0. The van der Waals surface area contributed by atoms with Gasteiger partial charge in [0.2, 0.25) is 0 Å². The van der Waals surface area contributed by atoms with E-state index < -0.39 is 0 Å². The Morgan fingerprint density at radius 1 is 0.632 bits per heavy atom. The number of aliphatic hydroxyl groups is 1. The zero-order valence-electron chi connectivity index (χ0n) is 33.0. The normalized spacial score (nSPS) is 18.6. The number of nitrogens with zero attached hydrogens (tertiary/aromatic N) is 4. The highest BCUT2D eigenvalue weighted by atomic mass is 16.5. The Morgan fingerprint density at radius 2 is 1.11 bits per heavy atom. The summed E-state index contributed by atoms with van der Waals surface area (Å²) in [6, 6.07) is 31.3. The van der Waals surface area contributed by atoms with Crippen LogP contribution in [-0.4, -0.2) is 26.4 Å². The van der Waals surface area contributed by atoms with Crippen LogP contribution in [0.5, 0.6) is 0 Å². The number of nitrogens with two attached hydrogens (primary N) is 2. The first-order chi connectivity index (χ1) is 27.5. The van der Waals surface area contributed by atoms with Crippen molar-refractivity contribution >= 4 is 44.6 Å². The van der Waals surface area contributed by atoms with Crippen molar-refractivity contribution in [2.75, 3.05) is 11.5 Å². The molecule has 0 amide bonds. The minimum Gasteiger partial charge on any atom is -0.398 e. The van der Waals surface area contributed by atoms with Crippen molar-refractivity contribution in [2.24, 2.45) is 0 Å². The summed E-state index contributed by atoms with van der Waals surface area (Å²) < 4.78 is 10.8. The quantitative estimate of drug-likeness (QED) is 0.111. The predicted molar refractivity (Wildman–Crippen MR) is 233 cm³/mol. The van der Waals surface area contributed by atoms with E-state index in [2.05, 4.69) is 74.5 Å². The zero-order chi connectivity index (χ0) is 40.0. The third kappa shape index (κ3) is 7.04. The van der Waals surface area contributed by atoms with Gasteiger partial charge in [0, 0.05) is 58.0 Å². The molecule has 2 fully saturated rings. The molecule has 5 N–H and O–H groups in total. The van der Waals surface area contributed by atoms with Crippen molar-refractivity contribution in [3.05, 3.63) is 154 Å². The SMILES string of the molecule is [C-]#[N+]c1cc2c(-c3cccc(N)c3C)cn(C3CC(O)C3)c2cc1C.[C-]#[N+]c1cc2c(-c3cccc(N)c3C)cn(C3CC(OCc4ccccc4)C3)c2cc1C. The van der Waals surface area contributed by atoms with Gasteiger partial charge in [0.05, 0.1) is 32.0 Å². The molecule has 2 aliphatic rings. The number of hydrogen-bond donors (Lipinski definition) is 3. The molecule has 8 nitrogen and oxygen atoms in total. The molecule has 0 atom stereocenters.